The minimum atomic E-state index is -0.373. The second kappa shape index (κ2) is 8.41. The van der Waals surface area contributed by atoms with Gasteiger partial charge in [-0.05, 0) is 74.9 Å². The van der Waals surface area contributed by atoms with Crippen molar-refractivity contribution in [1.82, 2.24) is 20.5 Å². The summed E-state index contributed by atoms with van der Waals surface area (Å²) in [6.07, 6.45) is 4.95. The highest BCUT2D eigenvalue weighted by Gasteiger charge is 2.45. The third-order valence-corrected chi connectivity index (χ3v) is 7.95. The molecule has 2 aromatic rings. The van der Waals surface area contributed by atoms with E-state index in [2.05, 4.69) is 15.6 Å². The zero-order chi connectivity index (χ0) is 21.4. The Kier molecular flexibility index (Phi) is 5.62. The van der Waals surface area contributed by atoms with E-state index in [4.69, 9.17) is 0 Å². The monoisotopic (exact) mass is 442 g/mol. The van der Waals surface area contributed by atoms with Gasteiger partial charge in [0.2, 0.25) is 11.7 Å². The number of nitrogens with zero attached hydrogens (tertiary/aromatic N) is 2. The Hall–Kier alpha value is -2.16. The molecule has 3 aliphatic rings. The molecule has 164 valence electrons. The molecule has 1 aromatic carbocycles. The number of carbonyl (C=O) groups excluding carboxylic acids is 2. The van der Waals surface area contributed by atoms with Crippen LogP contribution in [0.4, 0.5) is 4.39 Å². The SMILES string of the molecule is O=C(c1ccc(F)cc1)c1csc(C2CCCN2C(=O)C2CC3(CCNCC3)CN2)n1. The topological polar surface area (TPSA) is 74.3 Å². The van der Waals surface area contributed by atoms with Gasteiger partial charge in [-0.1, -0.05) is 0 Å². The van der Waals surface area contributed by atoms with Gasteiger partial charge in [-0.15, -0.1) is 11.3 Å². The largest absolute Gasteiger partial charge is 0.332 e. The molecule has 2 N–H and O–H groups in total. The predicted molar refractivity (Wildman–Crippen MR) is 117 cm³/mol. The van der Waals surface area contributed by atoms with Crippen molar-refractivity contribution in [2.75, 3.05) is 26.2 Å². The van der Waals surface area contributed by atoms with Gasteiger partial charge in [-0.3, -0.25) is 9.59 Å². The summed E-state index contributed by atoms with van der Waals surface area (Å²) in [7, 11) is 0. The van der Waals surface area contributed by atoms with E-state index in [1.165, 1.54) is 35.6 Å². The molecule has 2 atom stereocenters. The molecular formula is C23H27FN4O2S. The molecule has 5 rings (SSSR count). The van der Waals surface area contributed by atoms with Crippen molar-refractivity contribution in [2.45, 2.75) is 44.2 Å². The second-order valence-electron chi connectivity index (χ2n) is 8.98. The molecule has 3 fully saturated rings. The van der Waals surface area contributed by atoms with Crippen LogP contribution in [-0.4, -0.2) is 53.8 Å². The first-order valence-electron chi connectivity index (χ1n) is 11.0. The molecule has 0 bridgehead atoms. The van der Waals surface area contributed by atoms with Crippen LogP contribution in [0.1, 0.15) is 59.2 Å². The molecule has 0 aliphatic carbocycles. The number of ketones is 1. The Morgan fingerprint density at radius 1 is 1.19 bits per heavy atom. The summed E-state index contributed by atoms with van der Waals surface area (Å²) >= 11 is 1.43. The van der Waals surface area contributed by atoms with Crippen molar-refractivity contribution in [2.24, 2.45) is 5.41 Å². The van der Waals surface area contributed by atoms with Gasteiger partial charge >= 0.3 is 0 Å². The molecule has 0 radical (unpaired) electrons. The molecule has 3 saturated heterocycles. The van der Waals surface area contributed by atoms with Gasteiger partial charge in [0.15, 0.2) is 0 Å². The van der Waals surface area contributed by atoms with Crippen LogP contribution in [0.2, 0.25) is 0 Å². The number of halogens is 1. The summed E-state index contributed by atoms with van der Waals surface area (Å²) in [5.74, 6) is -0.425. The zero-order valence-corrected chi connectivity index (χ0v) is 18.2. The van der Waals surface area contributed by atoms with Crippen LogP contribution in [0.15, 0.2) is 29.6 Å². The number of likely N-dealkylation sites (tertiary alicyclic amines) is 1. The fourth-order valence-electron chi connectivity index (χ4n) is 5.21. The van der Waals surface area contributed by atoms with Crippen molar-refractivity contribution < 1.29 is 14.0 Å². The number of nitrogens with one attached hydrogen (secondary N) is 2. The fraction of sp³-hybridized carbons (Fsp3) is 0.522. The number of thiazole rings is 1. The number of aromatic nitrogens is 1. The van der Waals surface area contributed by atoms with Gasteiger partial charge in [0.25, 0.3) is 0 Å². The quantitative estimate of drug-likeness (QED) is 0.713. The summed E-state index contributed by atoms with van der Waals surface area (Å²) in [6.45, 7) is 3.70. The number of amides is 1. The van der Waals surface area contributed by atoms with Crippen molar-refractivity contribution in [3.05, 3.63) is 51.7 Å². The minimum absolute atomic E-state index is 0.0707. The van der Waals surface area contributed by atoms with Gasteiger partial charge in [0.05, 0.1) is 12.1 Å². The Balaban J connectivity index is 1.29. The Morgan fingerprint density at radius 2 is 1.97 bits per heavy atom. The second-order valence-corrected chi connectivity index (χ2v) is 9.87. The molecule has 4 heterocycles. The van der Waals surface area contributed by atoms with Gasteiger partial charge in [0.1, 0.15) is 16.5 Å². The molecule has 31 heavy (non-hydrogen) atoms. The van der Waals surface area contributed by atoms with E-state index in [1.54, 1.807) is 5.38 Å². The maximum absolute atomic E-state index is 13.4. The van der Waals surface area contributed by atoms with Crippen LogP contribution in [0, 0.1) is 11.2 Å². The van der Waals surface area contributed by atoms with E-state index in [9.17, 15) is 14.0 Å². The van der Waals surface area contributed by atoms with E-state index in [-0.39, 0.29) is 35.0 Å². The van der Waals surface area contributed by atoms with Crippen LogP contribution in [0.5, 0.6) is 0 Å². The number of benzene rings is 1. The molecular weight excluding hydrogens is 415 g/mol. The maximum atomic E-state index is 13.4. The lowest BCUT2D eigenvalue weighted by molar-refractivity contribution is -0.134. The number of hydrogen-bond donors (Lipinski definition) is 2. The lowest BCUT2D eigenvalue weighted by Crippen LogP contribution is -2.43. The third-order valence-electron chi connectivity index (χ3n) is 7.00. The van der Waals surface area contributed by atoms with Crippen molar-refractivity contribution >= 4 is 23.0 Å². The Morgan fingerprint density at radius 3 is 2.74 bits per heavy atom. The van der Waals surface area contributed by atoms with Crippen LogP contribution < -0.4 is 10.6 Å². The molecule has 1 spiro atoms. The van der Waals surface area contributed by atoms with Gasteiger partial charge in [0, 0.05) is 24.0 Å². The number of carbonyl (C=O) groups is 2. The molecule has 1 aromatic heterocycles. The zero-order valence-electron chi connectivity index (χ0n) is 17.4. The highest BCUT2D eigenvalue weighted by Crippen LogP contribution is 2.40. The summed E-state index contributed by atoms with van der Waals surface area (Å²) in [5.41, 5.74) is 1.02. The van der Waals surface area contributed by atoms with E-state index in [0.717, 1.165) is 63.3 Å². The fourth-order valence-corrected chi connectivity index (χ4v) is 6.16. The molecule has 6 nitrogen and oxygen atoms in total. The van der Waals surface area contributed by atoms with E-state index < -0.39 is 0 Å². The van der Waals surface area contributed by atoms with Crippen LogP contribution >= 0.6 is 11.3 Å². The van der Waals surface area contributed by atoms with E-state index >= 15 is 0 Å². The average molecular weight is 443 g/mol. The van der Waals surface area contributed by atoms with Crippen LogP contribution in [-0.2, 0) is 4.79 Å². The van der Waals surface area contributed by atoms with Gasteiger partial charge < -0.3 is 15.5 Å². The summed E-state index contributed by atoms with van der Waals surface area (Å²) in [6, 6.07) is 5.32. The third kappa shape index (κ3) is 4.04. The first-order valence-corrected chi connectivity index (χ1v) is 11.9. The normalized spacial score (nSPS) is 25.3. The van der Waals surface area contributed by atoms with Crippen molar-refractivity contribution in [3.63, 3.8) is 0 Å². The lowest BCUT2D eigenvalue weighted by Gasteiger charge is -2.33. The highest BCUT2D eigenvalue weighted by atomic mass is 32.1. The number of rotatable bonds is 4. The molecule has 1 amide bonds. The number of piperidine rings is 1. The standard InChI is InChI=1S/C23H27FN4O2S/c24-16-5-3-15(4-6-16)20(29)18-13-31-21(27-18)19-2-1-11-28(19)22(30)17-12-23(14-26-17)7-9-25-10-8-23/h3-6,13,17,19,25-26H,1-2,7-12,14H2. The van der Waals surface area contributed by atoms with Crippen molar-refractivity contribution in [1.29, 1.82) is 0 Å². The van der Waals surface area contributed by atoms with Crippen molar-refractivity contribution in [3.8, 4) is 0 Å². The van der Waals surface area contributed by atoms with Gasteiger partial charge in [-0.25, -0.2) is 9.37 Å². The molecule has 8 heteroatoms. The van der Waals surface area contributed by atoms with Gasteiger partial charge in [-0.2, -0.15) is 0 Å². The first-order chi connectivity index (χ1) is 15.0. The van der Waals surface area contributed by atoms with Crippen LogP contribution in [0.3, 0.4) is 0 Å². The Labute approximate surface area is 185 Å². The molecule has 3 aliphatic heterocycles. The maximum Gasteiger partial charge on any atom is 0.240 e. The minimum Gasteiger partial charge on any atom is -0.332 e. The predicted octanol–water partition coefficient (Wildman–Crippen LogP) is 2.91. The van der Waals surface area contributed by atoms with E-state index in [0.29, 0.717) is 11.3 Å². The summed E-state index contributed by atoms with van der Waals surface area (Å²) < 4.78 is 13.2. The number of hydrogen-bond acceptors (Lipinski definition) is 6. The summed E-state index contributed by atoms with van der Waals surface area (Å²) in [5, 5.41) is 9.47. The molecule has 0 saturated carbocycles. The van der Waals surface area contributed by atoms with E-state index in [1.807, 2.05) is 4.90 Å². The first kappa shape index (κ1) is 20.7. The smallest absolute Gasteiger partial charge is 0.240 e. The van der Waals surface area contributed by atoms with Crippen LogP contribution in [0.25, 0.3) is 0 Å². The highest BCUT2D eigenvalue weighted by molar-refractivity contribution is 7.10. The lowest BCUT2D eigenvalue weighted by atomic mass is 9.77. The average Bonchev–Trinajstić information content (AvgIpc) is 3.54. The Bertz CT molecular complexity index is 970. The molecule has 2 unspecified atom stereocenters. The summed E-state index contributed by atoms with van der Waals surface area (Å²) in [4.78, 5) is 32.6.